The van der Waals surface area contributed by atoms with Gasteiger partial charge in [-0.05, 0) is 36.8 Å². The molecular formula is C26H30N4O6. The summed E-state index contributed by atoms with van der Waals surface area (Å²) in [4.78, 5) is 35.9. The van der Waals surface area contributed by atoms with Crippen molar-refractivity contribution in [2.75, 3.05) is 58.0 Å². The molecule has 10 nitrogen and oxygen atoms in total. The number of carbonyl (C=O) groups excluding carboxylic acids is 2. The van der Waals surface area contributed by atoms with Crippen molar-refractivity contribution in [3.8, 4) is 11.5 Å². The molecule has 0 radical (unpaired) electrons. The van der Waals surface area contributed by atoms with Crippen molar-refractivity contribution in [1.82, 2.24) is 14.5 Å². The number of methoxy groups -OCH3 is 1. The number of imidazole rings is 1. The second-order valence-electron chi connectivity index (χ2n) is 8.82. The Morgan fingerprint density at radius 1 is 1.17 bits per heavy atom. The number of morpholine rings is 1. The highest BCUT2D eigenvalue weighted by Crippen LogP contribution is 2.43. The molecule has 2 unspecified atom stereocenters. The molecule has 0 aliphatic carbocycles. The van der Waals surface area contributed by atoms with Crippen LogP contribution in [0.4, 0.5) is 5.95 Å². The highest BCUT2D eigenvalue weighted by atomic mass is 16.5. The van der Waals surface area contributed by atoms with Crippen molar-refractivity contribution in [1.29, 1.82) is 0 Å². The lowest BCUT2D eigenvalue weighted by molar-refractivity contribution is -0.153. The Labute approximate surface area is 209 Å². The maximum atomic E-state index is 14.0. The molecule has 1 amide bonds. The predicted molar refractivity (Wildman–Crippen MR) is 132 cm³/mol. The molecule has 0 bridgehead atoms. The van der Waals surface area contributed by atoms with Crippen molar-refractivity contribution >= 4 is 28.9 Å². The molecule has 2 aromatic carbocycles. The van der Waals surface area contributed by atoms with Crippen molar-refractivity contribution < 1.29 is 28.9 Å². The average molecular weight is 495 g/mol. The number of hydrogen-bond acceptors (Lipinski definition) is 8. The monoisotopic (exact) mass is 494 g/mol. The fourth-order valence-corrected chi connectivity index (χ4v) is 5.02. The van der Waals surface area contributed by atoms with E-state index in [0.29, 0.717) is 49.1 Å². The van der Waals surface area contributed by atoms with E-state index in [-0.39, 0.29) is 18.3 Å². The lowest BCUT2D eigenvalue weighted by Gasteiger charge is -2.39. The molecule has 0 saturated carbocycles. The largest absolute Gasteiger partial charge is 0.504 e. The van der Waals surface area contributed by atoms with Crippen molar-refractivity contribution in [3.63, 3.8) is 0 Å². The van der Waals surface area contributed by atoms with Crippen LogP contribution in [0.15, 0.2) is 42.5 Å². The van der Waals surface area contributed by atoms with Crippen LogP contribution in [0.3, 0.4) is 0 Å². The highest BCUT2D eigenvalue weighted by Gasteiger charge is 2.48. The number of phenols is 1. The SMILES string of the molecule is CCOC(=O)C1C(=O)N(CCN2CCOCC2)c2nc3ccccc3n2C1c1ccc(OC)c(O)c1. The molecule has 36 heavy (non-hydrogen) atoms. The van der Waals surface area contributed by atoms with Crippen molar-refractivity contribution in [3.05, 3.63) is 48.0 Å². The van der Waals surface area contributed by atoms with Crippen LogP contribution >= 0.6 is 0 Å². The molecule has 2 atom stereocenters. The number of benzene rings is 2. The van der Waals surface area contributed by atoms with Gasteiger partial charge in [0.2, 0.25) is 11.9 Å². The van der Waals surface area contributed by atoms with Crippen molar-refractivity contribution in [2.45, 2.75) is 13.0 Å². The minimum Gasteiger partial charge on any atom is -0.504 e. The first-order valence-corrected chi connectivity index (χ1v) is 12.2. The first-order valence-electron chi connectivity index (χ1n) is 12.2. The Kier molecular flexibility index (Phi) is 6.80. The van der Waals surface area contributed by atoms with Gasteiger partial charge in [0.25, 0.3) is 0 Å². The molecule has 2 aliphatic heterocycles. The molecule has 5 rings (SSSR count). The summed E-state index contributed by atoms with van der Waals surface area (Å²) in [5, 5.41) is 10.5. The number of hydrogen-bond donors (Lipinski definition) is 1. The third-order valence-corrected chi connectivity index (χ3v) is 6.77. The summed E-state index contributed by atoms with van der Waals surface area (Å²) in [7, 11) is 1.47. The second kappa shape index (κ2) is 10.2. The number of anilines is 1. The van der Waals surface area contributed by atoms with Gasteiger partial charge < -0.3 is 23.9 Å². The topological polar surface area (TPSA) is 106 Å². The standard InChI is InChI=1S/C26H30N4O6/c1-3-36-25(33)22-23(17-8-9-21(34-2)20(31)16-17)30-19-7-5-4-6-18(19)27-26(30)29(24(22)32)11-10-28-12-14-35-15-13-28/h4-9,16,22-23,31H,3,10-15H2,1-2H3. The minimum atomic E-state index is -1.15. The smallest absolute Gasteiger partial charge is 0.321 e. The third-order valence-electron chi connectivity index (χ3n) is 6.77. The summed E-state index contributed by atoms with van der Waals surface area (Å²) in [6.45, 7) is 5.74. The van der Waals surface area contributed by atoms with Gasteiger partial charge in [-0.1, -0.05) is 18.2 Å². The van der Waals surface area contributed by atoms with Gasteiger partial charge in [-0.3, -0.25) is 19.4 Å². The fourth-order valence-electron chi connectivity index (χ4n) is 5.02. The van der Waals surface area contributed by atoms with E-state index in [4.69, 9.17) is 19.2 Å². The van der Waals surface area contributed by atoms with Crippen LogP contribution in [0.25, 0.3) is 11.0 Å². The van der Waals surface area contributed by atoms with Gasteiger partial charge in [0.1, 0.15) is 0 Å². The summed E-state index contributed by atoms with van der Waals surface area (Å²) in [6, 6.07) is 11.7. The van der Waals surface area contributed by atoms with E-state index in [2.05, 4.69) is 4.90 Å². The van der Waals surface area contributed by atoms with E-state index in [1.807, 2.05) is 28.8 Å². The Morgan fingerprint density at radius 3 is 2.67 bits per heavy atom. The normalized spacial score (nSPS) is 20.4. The zero-order chi connectivity index (χ0) is 25.2. The molecule has 1 fully saturated rings. The van der Waals surface area contributed by atoms with E-state index in [1.165, 1.54) is 13.2 Å². The molecule has 1 N–H and O–H groups in total. The summed E-state index contributed by atoms with van der Waals surface area (Å²) < 4.78 is 18.0. The number of phenolic OH excluding ortho intramolecular Hbond substituents is 1. The lowest BCUT2D eigenvalue weighted by atomic mass is 9.89. The van der Waals surface area contributed by atoms with Gasteiger partial charge in [0.05, 0.1) is 44.0 Å². The first-order chi connectivity index (χ1) is 17.5. The van der Waals surface area contributed by atoms with Crippen LogP contribution in [0.5, 0.6) is 11.5 Å². The Bertz CT molecular complexity index is 1270. The van der Waals surface area contributed by atoms with Crippen LogP contribution < -0.4 is 9.64 Å². The van der Waals surface area contributed by atoms with Crippen LogP contribution in [-0.4, -0.2) is 84.5 Å². The molecule has 3 aromatic rings. The number of amides is 1. The van der Waals surface area contributed by atoms with Crippen LogP contribution in [0.1, 0.15) is 18.5 Å². The van der Waals surface area contributed by atoms with E-state index in [0.717, 1.165) is 18.6 Å². The van der Waals surface area contributed by atoms with Crippen molar-refractivity contribution in [2.24, 2.45) is 5.92 Å². The average Bonchev–Trinajstić information content (AvgIpc) is 3.27. The quantitative estimate of drug-likeness (QED) is 0.394. The molecule has 10 heteroatoms. The Hall–Kier alpha value is -3.63. The fraction of sp³-hybridized carbons (Fsp3) is 0.423. The molecule has 1 saturated heterocycles. The van der Waals surface area contributed by atoms with Gasteiger partial charge in [0.15, 0.2) is 17.4 Å². The van der Waals surface area contributed by atoms with Gasteiger partial charge in [-0.15, -0.1) is 0 Å². The molecule has 1 aromatic heterocycles. The van der Waals surface area contributed by atoms with Gasteiger partial charge >= 0.3 is 5.97 Å². The number of aromatic nitrogens is 2. The van der Waals surface area contributed by atoms with Crippen LogP contribution in [-0.2, 0) is 19.1 Å². The Morgan fingerprint density at radius 2 is 1.94 bits per heavy atom. The van der Waals surface area contributed by atoms with E-state index in [1.54, 1.807) is 24.0 Å². The van der Waals surface area contributed by atoms with Gasteiger partial charge in [0, 0.05) is 26.2 Å². The number of rotatable bonds is 7. The number of carbonyl (C=O) groups is 2. The number of ether oxygens (including phenoxy) is 3. The summed E-state index contributed by atoms with van der Waals surface area (Å²) >= 11 is 0. The number of aromatic hydroxyl groups is 1. The Balaban J connectivity index is 1.64. The van der Waals surface area contributed by atoms with Crippen LogP contribution in [0, 0.1) is 5.92 Å². The van der Waals surface area contributed by atoms with E-state index >= 15 is 0 Å². The van der Waals surface area contributed by atoms with E-state index in [9.17, 15) is 14.7 Å². The zero-order valence-electron chi connectivity index (χ0n) is 20.4. The summed E-state index contributed by atoms with van der Waals surface area (Å²) in [5.41, 5.74) is 2.08. The second-order valence-corrected chi connectivity index (χ2v) is 8.82. The third kappa shape index (κ3) is 4.27. The predicted octanol–water partition coefficient (Wildman–Crippen LogP) is 2.20. The maximum absolute atomic E-state index is 14.0. The molecule has 2 aliphatic rings. The summed E-state index contributed by atoms with van der Waals surface area (Å²) in [5.74, 6) is -1.43. The number of fused-ring (bicyclic) bond motifs is 3. The first kappa shape index (κ1) is 24.1. The van der Waals surface area contributed by atoms with Crippen LogP contribution in [0.2, 0.25) is 0 Å². The van der Waals surface area contributed by atoms with Gasteiger partial charge in [-0.25, -0.2) is 4.98 Å². The lowest BCUT2D eigenvalue weighted by Crippen LogP contribution is -2.52. The maximum Gasteiger partial charge on any atom is 0.321 e. The highest BCUT2D eigenvalue weighted by molar-refractivity contribution is 6.08. The number of esters is 1. The van der Waals surface area contributed by atoms with E-state index < -0.39 is 17.9 Å². The van der Waals surface area contributed by atoms with Gasteiger partial charge in [-0.2, -0.15) is 0 Å². The number of nitrogens with zero attached hydrogens (tertiary/aromatic N) is 4. The zero-order valence-corrected chi connectivity index (χ0v) is 20.4. The molecular weight excluding hydrogens is 464 g/mol. The molecule has 3 heterocycles. The summed E-state index contributed by atoms with van der Waals surface area (Å²) in [6.07, 6.45) is 0. The molecule has 190 valence electrons. The molecule has 0 spiro atoms. The minimum absolute atomic E-state index is 0.0780. The number of para-hydroxylation sites is 2.